The molecule has 2 rings (SSSR count). The number of carboxylic acid groups (broad SMARTS) is 1. The molecular formula is C24H38N8O5. The topological polar surface area (TPSA) is 208 Å². The highest BCUT2D eigenvalue weighted by Gasteiger charge is 2.32. The molecule has 5 unspecified atom stereocenters. The number of nitrogens with zero attached hydrogens (tertiary/aromatic N) is 2. The summed E-state index contributed by atoms with van der Waals surface area (Å²) in [5.74, 6) is -3.19. The van der Waals surface area contributed by atoms with Gasteiger partial charge < -0.3 is 36.8 Å². The molecule has 2 aromatic heterocycles. The number of nitrogens with two attached hydrogens (primary N) is 1. The number of H-pyrrole nitrogens is 2. The van der Waals surface area contributed by atoms with Crippen LogP contribution in [0.3, 0.4) is 0 Å². The molecule has 2 aromatic rings. The molecule has 0 aromatic carbocycles. The average molecular weight is 519 g/mol. The molecule has 0 aliphatic heterocycles. The van der Waals surface area contributed by atoms with Gasteiger partial charge in [-0.05, 0) is 18.3 Å². The van der Waals surface area contributed by atoms with Crippen molar-refractivity contribution in [2.45, 2.75) is 77.5 Å². The number of amides is 3. The molecule has 13 nitrogen and oxygen atoms in total. The lowest BCUT2D eigenvalue weighted by Gasteiger charge is -2.27. The van der Waals surface area contributed by atoms with Gasteiger partial charge in [-0.2, -0.15) is 0 Å². The van der Waals surface area contributed by atoms with E-state index in [9.17, 15) is 24.3 Å². The van der Waals surface area contributed by atoms with E-state index in [-0.39, 0.29) is 31.1 Å². The second-order valence-electron chi connectivity index (χ2n) is 9.63. The minimum absolute atomic E-state index is 0.0198. The van der Waals surface area contributed by atoms with Crippen LogP contribution in [0.4, 0.5) is 0 Å². The Bertz CT molecular complexity index is 1010. The Balaban J connectivity index is 2.17. The summed E-state index contributed by atoms with van der Waals surface area (Å²) in [6, 6.07) is -4.10. The van der Waals surface area contributed by atoms with Gasteiger partial charge in [-0.25, -0.2) is 14.8 Å². The van der Waals surface area contributed by atoms with Crippen LogP contribution >= 0.6 is 0 Å². The van der Waals surface area contributed by atoms with Crippen molar-refractivity contribution in [3.63, 3.8) is 0 Å². The van der Waals surface area contributed by atoms with Crippen LogP contribution in [0.5, 0.6) is 0 Å². The number of aromatic nitrogens is 4. The molecule has 37 heavy (non-hydrogen) atoms. The molecule has 0 aliphatic rings. The largest absolute Gasteiger partial charge is 0.480 e. The first-order valence-electron chi connectivity index (χ1n) is 12.4. The smallest absolute Gasteiger partial charge is 0.326 e. The van der Waals surface area contributed by atoms with Gasteiger partial charge in [-0.1, -0.05) is 34.1 Å². The van der Waals surface area contributed by atoms with E-state index in [1.807, 2.05) is 20.8 Å². The molecule has 0 fully saturated rings. The van der Waals surface area contributed by atoms with E-state index in [4.69, 9.17) is 5.73 Å². The number of rotatable bonds is 15. The summed E-state index contributed by atoms with van der Waals surface area (Å²) >= 11 is 0. The van der Waals surface area contributed by atoms with Crippen molar-refractivity contribution >= 4 is 23.7 Å². The van der Waals surface area contributed by atoms with Gasteiger partial charge in [-0.3, -0.25) is 14.4 Å². The molecule has 8 N–H and O–H groups in total. The molecule has 3 amide bonds. The molecule has 5 atom stereocenters. The minimum atomic E-state index is -1.15. The summed E-state index contributed by atoms with van der Waals surface area (Å²) in [5, 5.41) is 17.5. The van der Waals surface area contributed by atoms with Crippen molar-refractivity contribution in [3.8, 4) is 0 Å². The summed E-state index contributed by atoms with van der Waals surface area (Å²) in [6.07, 6.45) is 7.10. The van der Waals surface area contributed by atoms with Crippen molar-refractivity contribution in [2.75, 3.05) is 0 Å². The lowest BCUT2D eigenvalue weighted by molar-refractivity contribution is -0.144. The van der Waals surface area contributed by atoms with E-state index in [1.165, 1.54) is 18.9 Å². The summed E-state index contributed by atoms with van der Waals surface area (Å²) in [7, 11) is 0. The molecule has 0 saturated carbocycles. The number of carbonyl (C=O) groups excluding carboxylic acids is 3. The Morgan fingerprint density at radius 3 is 1.92 bits per heavy atom. The Labute approximate surface area is 215 Å². The molecule has 0 bridgehead atoms. The van der Waals surface area contributed by atoms with Gasteiger partial charge in [0.1, 0.15) is 18.1 Å². The number of hydrogen-bond acceptors (Lipinski definition) is 7. The number of aromatic amines is 2. The van der Waals surface area contributed by atoms with Crippen LogP contribution in [0.2, 0.25) is 0 Å². The van der Waals surface area contributed by atoms with E-state index in [1.54, 1.807) is 13.1 Å². The van der Waals surface area contributed by atoms with Crippen molar-refractivity contribution in [2.24, 2.45) is 17.6 Å². The minimum Gasteiger partial charge on any atom is -0.480 e. The number of imidazole rings is 2. The summed E-state index contributed by atoms with van der Waals surface area (Å²) in [5.41, 5.74) is 7.30. The number of aliphatic carboxylic acids is 1. The van der Waals surface area contributed by atoms with Gasteiger partial charge in [-0.15, -0.1) is 0 Å². The fourth-order valence-electron chi connectivity index (χ4n) is 3.74. The number of carboxylic acids is 1. The molecule has 0 spiro atoms. The Morgan fingerprint density at radius 2 is 1.43 bits per heavy atom. The average Bonchev–Trinajstić information content (AvgIpc) is 3.54. The van der Waals surface area contributed by atoms with Gasteiger partial charge in [0.25, 0.3) is 0 Å². The third-order valence-corrected chi connectivity index (χ3v) is 6.06. The van der Waals surface area contributed by atoms with Crippen LogP contribution in [-0.2, 0) is 32.0 Å². The predicted octanol–water partition coefficient (Wildman–Crippen LogP) is -0.123. The van der Waals surface area contributed by atoms with Crippen molar-refractivity contribution in [1.29, 1.82) is 0 Å². The highest BCUT2D eigenvalue weighted by atomic mass is 16.4. The van der Waals surface area contributed by atoms with Crippen molar-refractivity contribution in [1.82, 2.24) is 35.9 Å². The molecule has 2 heterocycles. The summed E-state index contributed by atoms with van der Waals surface area (Å²) in [4.78, 5) is 64.6. The number of carbonyl (C=O) groups is 4. The van der Waals surface area contributed by atoms with Crippen LogP contribution in [0.1, 0.15) is 51.9 Å². The maximum atomic E-state index is 13.3. The summed E-state index contributed by atoms with van der Waals surface area (Å²) in [6.45, 7) is 7.33. The molecule has 0 aliphatic carbocycles. The third-order valence-electron chi connectivity index (χ3n) is 6.06. The highest BCUT2D eigenvalue weighted by molar-refractivity contribution is 5.94. The van der Waals surface area contributed by atoms with Gasteiger partial charge >= 0.3 is 5.97 Å². The predicted molar refractivity (Wildman–Crippen MR) is 135 cm³/mol. The second-order valence-corrected chi connectivity index (χ2v) is 9.63. The maximum Gasteiger partial charge on any atom is 0.326 e. The van der Waals surface area contributed by atoms with Crippen LogP contribution in [0.15, 0.2) is 25.0 Å². The van der Waals surface area contributed by atoms with E-state index >= 15 is 0 Å². The molecule has 0 saturated heterocycles. The van der Waals surface area contributed by atoms with Crippen LogP contribution in [0.25, 0.3) is 0 Å². The fraction of sp³-hybridized carbons (Fsp3) is 0.583. The Kier molecular flexibility index (Phi) is 11.2. The lowest BCUT2D eigenvalue weighted by Crippen LogP contribution is -2.58. The van der Waals surface area contributed by atoms with E-state index in [0.29, 0.717) is 17.8 Å². The normalized spacial score (nSPS) is 15.3. The first-order valence-corrected chi connectivity index (χ1v) is 12.4. The maximum absolute atomic E-state index is 13.3. The quantitative estimate of drug-likeness (QED) is 0.169. The van der Waals surface area contributed by atoms with E-state index < -0.39 is 47.9 Å². The summed E-state index contributed by atoms with van der Waals surface area (Å²) < 4.78 is 0. The Hall–Kier alpha value is -3.74. The van der Waals surface area contributed by atoms with Crippen molar-refractivity contribution in [3.05, 3.63) is 36.4 Å². The van der Waals surface area contributed by atoms with Gasteiger partial charge in [0.2, 0.25) is 17.7 Å². The molecular weight excluding hydrogens is 480 g/mol. The van der Waals surface area contributed by atoms with Crippen LogP contribution in [-0.4, -0.2) is 72.9 Å². The SMILES string of the molecule is CCC(C)C(NC(=O)C(CC(C)C)NC(=O)C(Cc1cnc[nH]1)NC(=O)C(N)Cc1cnc[nH]1)C(=O)O. The van der Waals surface area contributed by atoms with Crippen LogP contribution in [0, 0.1) is 11.8 Å². The zero-order valence-electron chi connectivity index (χ0n) is 21.7. The van der Waals surface area contributed by atoms with E-state index in [2.05, 4.69) is 35.9 Å². The Morgan fingerprint density at radius 1 is 0.892 bits per heavy atom. The number of hydrogen-bond donors (Lipinski definition) is 7. The monoisotopic (exact) mass is 518 g/mol. The van der Waals surface area contributed by atoms with E-state index in [0.717, 1.165) is 0 Å². The highest BCUT2D eigenvalue weighted by Crippen LogP contribution is 2.11. The zero-order valence-corrected chi connectivity index (χ0v) is 21.7. The van der Waals surface area contributed by atoms with Gasteiger partial charge in [0.15, 0.2) is 0 Å². The first kappa shape index (κ1) is 29.5. The fourth-order valence-corrected chi connectivity index (χ4v) is 3.74. The third kappa shape index (κ3) is 9.33. The van der Waals surface area contributed by atoms with Crippen molar-refractivity contribution < 1.29 is 24.3 Å². The molecule has 13 heteroatoms. The number of nitrogens with one attached hydrogen (secondary N) is 5. The molecule has 0 radical (unpaired) electrons. The van der Waals surface area contributed by atoms with Crippen LogP contribution < -0.4 is 21.7 Å². The lowest BCUT2D eigenvalue weighted by atomic mass is 9.97. The van der Waals surface area contributed by atoms with Gasteiger partial charge in [0.05, 0.1) is 18.7 Å². The van der Waals surface area contributed by atoms with Gasteiger partial charge in [0, 0.05) is 36.6 Å². The second kappa shape index (κ2) is 14.1. The standard InChI is InChI=1S/C24H38N8O5/c1-5-14(4)20(24(36)37)32-23(35)18(6-13(2)3)31-22(34)19(8-16-10-27-12-29-16)30-21(33)17(25)7-15-9-26-11-28-15/h9-14,17-20H,5-8,25H2,1-4H3,(H,26,28)(H,27,29)(H,30,33)(H,31,34)(H,32,35)(H,36,37). The molecule has 204 valence electrons. The zero-order chi connectivity index (χ0) is 27.5. The first-order chi connectivity index (χ1) is 17.5.